The topological polar surface area (TPSA) is 96.0 Å². The molecule has 6 nitrogen and oxygen atoms in total. The van der Waals surface area contributed by atoms with E-state index in [0.29, 0.717) is 12.1 Å². The van der Waals surface area contributed by atoms with Gasteiger partial charge in [-0.05, 0) is 24.6 Å². The molecule has 0 spiro atoms. The van der Waals surface area contributed by atoms with E-state index in [0.717, 1.165) is 12.8 Å². The van der Waals surface area contributed by atoms with Crippen molar-refractivity contribution in [3.8, 4) is 6.07 Å². The maximum absolute atomic E-state index is 11.7. The van der Waals surface area contributed by atoms with Gasteiger partial charge in [0.05, 0.1) is 10.5 Å². The van der Waals surface area contributed by atoms with Crippen molar-refractivity contribution in [2.24, 2.45) is 0 Å². The van der Waals surface area contributed by atoms with E-state index >= 15 is 0 Å². The number of nitro benzene ring substituents is 1. The number of carbonyl (C=O) groups is 1. The minimum Gasteiger partial charge on any atom is -0.351 e. The van der Waals surface area contributed by atoms with Crippen molar-refractivity contribution < 1.29 is 9.72 Å². The number of allylic oxidation sites excluding steroid dienone is 2. The van der Waals surface area contributed by atoms with Crippen LogP contribution in [0.1, 0.15) is 25.3 Å². The Balaban J connectivity index is 2.82. The molecule has 0 unspecified atom stereocenters. The van der Waals surface area contributed by atoms with Gasteiger partial charge in [-0.3, -0.25) is 14.9 Å². The second-order valence-electron chi connectivity index (χ2n) is 4.48. The number of rotatable bonds is 7. The summed E-state index contributed by atoms with van der Waals surface area (Å²) >= 11 is 0. The molecule has 22 heavy (non-hydrogen) atoms. The molecular weight excluding hydrogens is 282 g/mol. The first kappa shape index (κ1) is 17.1. The summed E-state index contributed by atoms with van der Waals surface area (Å²) in [5.41, 5.74) is 0.344. The number of nitriles is 1. The Hall–Kier alpha value is -2.94. The molecule has 1 aromatic rings. The van der Waals surface area contributed by atoms with E-state index in [1.165, 1.54) is 24.3 Å². The predicted octanol–water partition coefficient (Wildman–Crippen LogP) is 2.97. The van der Waals surface area contributed by atoms with Gasteiger partial charge in [-0.2, -0.15) is 5.26 Å². The second-order valence-corrected chi connectivity index (χ2v) is 4.48. The molecule has 0 fully saturated rings. The molecule has 0 radical (unpaired) electrons. The van der Waals surface area contributed by atoms with Crippen LogP contribution < -0.4 is 5.32 Å². The van der Waals surface area contributed by atoms with Crippen molar-refractivity contribution in [1.29, 1.82) is 5.26 Å². The minimum absolute atomic E-state index is 0.0296. The highest BCUT2D eigenvalue weighted by Crippen LogP contribution is 2.18. The van der Waals surface area contributed by atoms with Crippen LogP contribution in [0.5, 0.6) is 0 Å². The number of hydrogen-bond acceptors (Lipinski definition) is 4. The van der Waals surface area contributed by atoms with Crippen LogP contribution in [-0.2, 0) is 4.79 Å². The second kappa shape index (κ2) is 9.08. The van der Waals surface area contributed by atoms with Gasteiger partial charge in [0.1, 0.15) is 11.6 Å². The van der Waals surface area contributed by atoms with Gasteiger partial charge in [-0.15, -0.1) is 0 Å². The third kappa shape index (κ3) is 5.21. The highest BCUT2D eigenvalue weighted by molar-refractivity contribution is 5.97. The summed E-state index contributed by atoms with van der Waals surface area (Å²) in [6.07, 6.45) is 6.09. The summed E-state index contributed by atoms with van der Waals surface area (Å²) in [5.74, 6) is -0.442. The molecule has 1 amide bonds. The fourth-order valence-electron chi connectivity index (χ4n) is 1.68. The van der Waals surface area contributed by atoms with Crippen molar-refractivity contribution in [2.75, 3.05) is 6.54 Å². The van der Waals surface area contributed by atoms with Gasteiger partial charge in [0.15, 0.2) is 0 Å². The third-order valence-electron chi connectivity index (χ3n) is 2.85. The number of nitrogens with one attached hydrogen (secondary N) is 1. The summed E-state index contributed by atoms with van der Waals surface area (Å²) < 4.78 is 0. The number of benzene rings is 1. The van der Waals surface area contributed by atoms with Crippen molar-refractivity contribution in [2.45, 2.75) is 19.8 Å². The van der Waals surface area contributed by atoms with Gasteiger partial charge < -0.3 is 5.32 Å². The Morgan fingerprint density at radius 1 is 1.45 bits per heavy atom. The number of para-hydroxylation sites is 1. The van der Waals surface area contributed by atoms with E-state index in [4.69, 9.17) is 5.26 Å². The standard InChI is InChI=1S/C16H17N3O3/c1-2-3-11-18-16(20)14(12-17)9-6-8-13-7-4-5-10-15(13)19(21)22/h4-10H,2-3,11H2,1H3,(H,18,20)/b8-6+,14-9+. The Labute approximate surface area is 128 Å². The average molecular weight is 299 g/mol. The summed E-state index contributed by atoms with van der Waals surface area (Å²) in [5, 5.41) is 22.5. The predicted molar refractivity (Wildman–Crippen MR) is 83.7 cm³/mol. The monoisotopic (exact) mass is 299 g/mol. The molecule has 1 rings (SSSR count). The van der Waals surface area contributed by atoms with E-state index in [1.54, 1.807) is 18.2 Å². The molecule has 0 saturated carbocycles. The zero-order chi connectivity index (χ0) is 16.4. The van der Waals surface area contributed by atoms with E-state index in [9.17, 15) is 14.9 Å². The molecule has 0 atom stereocenters. The van der Waals surface area contributed by atoms with Crippen LogP contribution in [0.3, 0.4) is 0 Å². The van der Waals surface area contributed by atoms with Gasteiger partial charge in [-0.25, -0.2) is 0 Å². The average Bonchev–Trinajstić information content (AvgIpc) is 2.52. The Bertz CT molecular complexity index is 642. The van der Waals surface area contributed by atoms with Crippen LogP contribution >= 0.6 is 0 Å². The molecule has 0 bridgehead atoms. The van der Waals surface area contributed by atoms with Crippen molar-refractivity contribution in [3.05, 3.63) is 57.7 Å². The lowest BCUT2D eigenvalue weighted by Gasteiger charge is -2.01. The highest BCUT2D eigenvalue weighted by Gasteiger charge is 2.09. The maximum Gasteiger partial charge on any atom is 0.276 e. The van der Waals surface area contributed by atoms with Gasteiger partial charge in [-0.1, -0.05) is 31.6 Å². The summed E-state index contributed by atoms with van der Waals surface area (Å²) in [7, 11) is 0. The van der Waals surface area contributed by atoms with Crippen LogP contribution in [0.25, 0.3) is 6.08 Å². The van der Waals surface area contributed by atoms with Gasteiger partial charge in [0, 0.05) is 12.6 Å². The van der Waals surface area contributed by atoms with Crippen LogP contribution in [0.2, 0.25) is 0 Å². The van der Waals surface area contributed by atoms with Gasteiger partial charge in [0.2, 0.25) is 0 Å². The molecular formula is C16H17N3O3. The molecule has 0 aliphatic carbocycles. The lowest BCUT2D eigenvalue weighted by atomic mass is 10.1. The quantitative estimate of drug-likeness (QED) is 0.209. The van der Waals surface area contributed by atoms with Crippen LogP contribution in [0.15, 0.2) is 42.0 Å². The van der Waals surface area contributed by atoms with Crippen molar-refractivity contribution in [3.63, 3.8) is 0 Å². The summed E-state index contributed by atoms with van der Waals surface area (Å²) in [6, 6.07) is 8.06. The molecule has 1 N–H and O–H groups in total. The largest absolute Gasteiger partial charge is 0.351 e. The number of nitrogens with zero attached hydrogens (tertiary/aromatic N) is 2. The third-order valence-corrected chi connectivity index (χ3v) is 2.85. The molecule has 0 aliphatic heterocycles. The van der Waals surface area contributed by atoms with Crippen LogP contribution in [0.4, 0.5) is 5.69 Å². The smallest absolute Gasteiger partial charge is 0.276 e. The molecule has 114 valence electrons. The van der Waals surface area contributed by atoms with E-state index in [2.05, 4.69) is 5.32 Å². The lowest BCUT2D eigenvalue weighted by molar-refractivity contribution is -0.385. The van der Waals surface area contributed by atoms with E-state index < -0.39 is 10.8 Å². The van der Waals surface area contributed by atoms with Crippen LogP contribution in [-0.4, -0.2) is 17.4 Å². The zero-order valence-corrected chi connectivity index (χ0v) is 12.3. The number of unbranched alkanes of at least 4 members (excludes halogenated alkanes) is 1. The first-order chi connectivity index (χ1) is 10.6. The van der Waals surface area contributed by atoms with Crippen molar-refractivity contribution in [1.82, 2.24) is 5.32 Å². The highest BCUT2D eigenvalue weighted by atomic mass is 16.6. The molecule has 0 saturated heterocycles. The summed E-state index contributed by atoms with van der Waals surface area (Å²) in [6.45, 7) is 2.52. The first-order valence-electron chi connectivity index (χ1n) is 6.90. The number of amides is 1. The molecule has 1 aromatic carbocycles. The van der Waals surface area contributed by atoms with E-state index in [-0.39, 0.29) is 11.3 Å². The van der Waals surface area contributed by atoms with E-state index in [1.807, 2.05) is 13.0 Å². The minimum atomic E-state index is -0.480. The number of nitro groups is 1. The Morgan fingerprint density at radius 2 is 2.18 bits per heavy atom. The maximum atomic E-state index is 11.7. The van der Waals surface area contributed by atoms with Crippen LogP contribution in [0, 0.1) is 21.4 Å². The molecule has 0 aromatic heterocycles. The normalized spacial score (nSPS) is 11.2. The first-order valence-corrected chi connectivity index (χ1v) is 6.90. The fourth-order valence-corrected chi connectivity index (χ4v) is 1.68. The molecule has 0 heterocycles. The zero-order valence-electron chi connectivity index (χ0n) is 12.3. The number of hydrogen-bond donors (Lipinski definition) is 1. The molecule has 6 heteroatoms. The Morgan fingerprint density at radius 3 is 2.82 bits per heavy atom. The SMILES string of the molecule is CCCCNC(=O)/C(C#N)=C/C=C/c1ccccc1[N+](=O)[O-]. The van der Waals surface area contributed by atoms with Gasteiger partial charge in [0.25, 0.3) is 11.6 Å². The fraction of sp³-hybridized carbons (Fsp3) is 0.250. The molecule has 0 aliphatic rings. The van der Waals surface area contributed by atoms with Gasteiger partial charge >= 0.3 is 0 Å². The summed E-state index contributed by atoms with van der Waals surface area (Å²) in [4.78, 5) is 22.1. The number of carbonyl (C=O) groups excluding carboxylic acids is 1. The Kier molecular flexibility index (Phi) is 7.06. The lowest BCUT2D eigenvalue weighted by Crippen LogP contribution is -2.25. The van der Waals surface area contributed by atoms with Crippen molar-refractivity contribution >= 4 is 17.7 Å².